The molecule has 37 heavy (non-hydrogen) atoms. The zero-order valence-corrected chi connectivity index (χ0v) is 23.8. The standard InChI is InChI=1S/C29H32O6SSe/c1-22-14-16-24(17-15-22)36(32,33)21-26(37-25-12-8-5-9-13-25)18-19-29(27(30)34-2,28(31)35-3)20-23-10-6-4-7-11-23/h4-17,26H,18-21H2,1-3H3. The van der Waals surface area contributed by atoms with Gasteiger partial charge >= 0.3 is 226 Å². The van der Waals surface area contributed by atoms with Gasteiger partial charge in [0.05, 0.1) is 0 Å². The van der Waals surface area contributed by atoms with Crippen molar-refractivity contribution in [2.45, 2.75) is 35.9 Å². The van der Waals surface area contributed by atoms with Crippen molar-refractivity contribution < 1.29 is 27.5 Å². The number of carbonyl (C=O) groups is 2. The predicted molar refractivity (Wildman–Crippen MR) is 145 cm³/mol. The SMILES string of the molecule is COC(=O)C(CCC(CS(=O)(=O)c1ccc(C)cc1)[Se]c1ccccc1)(Cc1ccccc1)C(=O)OC. The summed E-state index contributed by atoms with van der Waals surface area (Å²) in [4.78, 5) is 26.2. The topological polar surface area (TPSA) is 86.7 Å². The Labute approximate surface area is 225 Å². The molecule has 0 fully saturated rings. The van der Waals surface area contributed by atoms with E-state index in [-0.39, 0.29) is 43.3 Å². The first-order valence-electron chi connectivity index (χ1n) is 11.9. The van der Waals surface area contributed by atoms with Crippen LogP contribution < -0.4 is 4.46 Å². The number of carbonyl (C=O) groups excluding carboxylic acids is 2. The van der Waals surface area contributed by atoms with E-state index in [2.05, 4.69) is 0 Å². The number of sulfone groups is 1. The van der Waals surface area contributed by atoms with Crippen LogP contribution in [0.2, 0.25) is 4.82 Å². The maximum atomic E-state index is 13.4. The van der Waals surface area contributed by atoms with Crippen LogP contribution in [0.1, 0.15) is 24.0 Å². The van der Waals surface area contributed by atoms with E-state index in [9.17, 15) is 18.0 Å². The maximum absolute atomic E-state index is 13.4. The van der Waals surface area contributed by atoms with Crippen molar-refractivity contribution in [1.29, 1.82) is 0 Å². The van der Waals surface area contributed by atoms with Crippen molar-refractivity contribution >= 4 is 41.2 Å². The first kappa shape index (κ1) is 28.6. The Kier molecular flexibility index (Phi) is 10.1. The summed E-state index contributed by atoms with van der Waals surface area (Å²) >= 11 is -0.218. The zero-order valence-electron chi connectivity index (χ0n) is 21.3. The summed E-state index contributed by atoms with van der Waals surface area (Å²) in [6, 6.07) is 25.7. The molecule has 1 unspecified atom stereocenters. The molecule has 0 aliphatic rings. The fraction of sp³-hybridized carbons (Fsp3) is 0.310. The van der Waals surface area contributed by atoms with Gasteiger partial charge in [-0.2, -0.15) is 0 Å². The quantitative estimate of drug-likeness (QED) is 0.181. The Morgan fingerprint density at radius 3 is 1.92 bits per heavy atom. The van der Waals surface area contributed by atoms with Crippen molar-refractivity contribution in [3.63, 3.8) is 0 Å². The number of aryl methyl sites for hydroxylation is 1. The van der Waals surface area contributed by atoms with E-state index in [1.54, 1.807) is 24.3 Å². The van der Waals surface area contributed by atoms with Crippen molar-refractivity contribution in [1.82, 2.24) is 0 Å². The number of esters is 2. The van der Waals surface area contributed by atoms with E-state index in [0.717, 1.165) is 15.6 Å². The molecule has 0 aliphatic carbocycles. The number of ether oxygens (including phenoxy) is 2. The fourth-order valence-corrected chi connectivity index (χ4v) is 9.20. The summed E-state index contributed by atoms with van der Waals surface area (Å²) in [5.41, 5.74) is 0.185. The van der Waals surface area contributed by atoms with E-state index < -0.39 is 27.2 Å². The molecule has 3 rings (SSSR count). The summed E-state index contributed by atoms with van der Waals surface area (Å²) in [6.45, 7) is 1.91. The van der Waals surface area contributed by atoms with Gasteiger partial charge in [0.25, 0.3) is 0 Å². The molecule has 0 amide bonds. The first-order valence-corrected chi connectivity index (χ1v) is 15.4. The second kappa shape index (κ2) is 13.0. The summed E-state index contributed by atoms with van der Waals surface area (Å²) in [7, 11) is -1.09. The molecule has 8 heteroatoms. The number of hydrogen-bond acceptors (Lipinski definition) is 6. The van der Waals surface area contributed by atoms with E-state index in [1.165, 1.54) is 14.2 Å². The summed E-state index contributed by atoms with van der Waals surface area (Å²) in [5, 5.41) is 0. The molecule has 0 heterocycles. The average molecular weight is 588 g/mol. The molecule has 0 aliphatic heterocycles. The third-order valence-corrected chi connectivity index (χ3v) is 11.2. The van der Waals surface area contributed by atoms with E-state index in [1.807, 2.05) is 67.6 Å². The van der Waals surface area contributed by atoms with Crippen LogP contribution in [0.4, 0.5) is 0 Å². The van der Waals surface area contributed by atoms with Crippen LogP contribution in [0.3, 0.4) is 0 Å². The van der Waals surface area contributed by atoms with Gasteiger partial charge in [0, 0.05) is 0 Å². The number of benzene rings is 3. The zero-order chi connectivity index (χ0) is 26.9. The van der Waals surface area contributed by atoms with Gasteiger partial charge in [-0.05, 0) is 0 Å². The number of methoxy groups -OCH3 is 2. The van der Waals surface area contributed by atoms with Gasteiger partial charge in [-0.15, -0.1) is 0 Å². The molecule has 3 aromatic carbocycles. The molecule has 0 saturated carbocycles. The number of hydrogen-bond donors (Lipinski definition) is 0. The molecule has 196 valence electrons. The molecular weight excluding hydrogens is 555 g/mol. The molecule has 0 N–H and O–H groups in total. The molecule has 0 bridgehead atoms. The second-order valence-corrected chi connectivity index (χ2v) is 13.8. The molecule has 0 aromatic heterocycles. The van der Waals surface area contributed by atoms with Crippen molar-refractivity contribution in [3.8, 4) is 0 Å². The third kappa shape index (κ3) is 7.54. The Bertz CT molecular complexity index is 1260. The second-order valence-electron chi connectivity index (χ2n) is 8.91. The summed E-state index contributed by atoms with van der Waals surface area (Å²) < 4.78 is 38.0. The third-order valence-electron chi connectivity index (χ3n) is 6.23. The minimum absolute atomic E-state index is 0.0886. The van der Waals surface area contributed by atoms with Crippen LogP contribution in [0.25, 0.3) is 0 Å². The minimum atomic E-state index is -3.59. The first-order chi connectivity index (χ1) is 17.7. The molecule has 0 spiro atoms. The van der Waals surface area contributed by atoms with Gasteiger partial charge in [0.2, 0.25) is 0 Å². The van der Waals surface area contributed by atoms with Gasteiger partial charge in [-0.25, -0.2) is 0 Å². The molecular formula is C29H32O6SSe. The van der Waals surface area contributed by atoms with Crippen LogP contribution >= 0.6 is 0 Å². The van der Waals surface area contributed by atoms with Gasteiger partial charge in [-0.1, -0.05) is 0 Å². The monoisotopic (exact) mass is 588 g/mol. The van der Waals surface area contributed by atoms with Crippen LogP contribution in [-0.2, 0) is 35.3 Å². The molecule has 3 aromatic rings. The Balaban J connectivity index is 1.94. The van der Waals surface area contributed by atoms with Crippen LogP contribution in [0.5, 0.6) is 0 Å². The summed E-state index contributed by atoms with van der Waals surface area (Å²) in [6.07, 6.45) is 0.532. The van der Waals surface area contributed by atoms with Gasteiger partial charge < -0.3 is 0 Å². The molecule has 0 radical (unpaired) electrons. The predicted octanol–water partition coefficient (Wildman–Crippen LogP) is 3.94. The van der Waals surface area contributed by atoms with Crippen LogP contribution in [0.15, 0.2) is 89.8 Å². The van der Waals surface area contributed by atoms with E-state index in [4.69, 9.17) is 9.47 Å². The average Bonchev–Trinajstić information content (AvgIpc) is 2.91. The normalized spacial score (nSPS) is 12.5. The van der Waals surface area contributed by atoms with Gasteiger partial charge in [-0.3, -0.25) is 0 Å². The fourth-order valence-electron chi connectivity index (χ4n) is 4.22. The summed E-state index contributed by atoms with van der Waals surface area (Å²) in [5.74, 6) is -1.46. The van der Waals surface area contributed by atoms with Gasteiger partial charge in [0.15, 0.2) is 0 Å². The van der Waals surface area contributed by atoms with Crippen LogP contribution in [0, 0.1) is 12.3 Å². The Morgan fingerprint density at radius 2 is 1.38 bits per heavy atom. The molecule has 6 nitrogen and oxygen atoms in total. The van der Waals surface area contributed by atoms with Crippen molar-refractivity contribution in [2.75, 3.05) is 20.0 Å². The number of rotatable bonds is 12. The molecule has 0 saturated heterocycles. The Hall–Kier alpha value is -2.93. The van der Waals surface area contributed by atoms with Crippen LogP contribution in [-0.4, -0.2) is 55.3 Å². The van der Waals surface area contributed by atoms with E-state index >= 15 is 0 Å². The Morgan fingerprint density at radius 1 is 0.838 bits per heavy atom. The van der Waals surface area contributed by atoms with Crippen molar-refractivity contribution in [2.24, 2.45) is 5.41 Å². The van der Waals surface area contributed by atoms with Crippen molar-refractivity contribution in [3.05, 3.63) is 96.1 Å². The van der Waals surface area contributed by atoms with Gasteiger partial charge in [0.1, 0.15) is 0 Å². The molecule has 1 atom stereocenters. The van der Waals surface area contributed by atoms with E-state index in [0.29, 0.717) is 6.42 Å².